The molecule has 1 heteroatoms. The molecule has 12 heavy (non-hydrogen) atoms. The largest absolute Gasteiger partial charge is 0.314 e. The van der Waals surface area contributed by atoms with Gasteiger partial charge in [-0.25, -0.2) is 0 Å². The second kappa shape index (κ2) is 5.36. The monoisotopic (exact) mass is 167 g/mol. The third-order valence-corrected chi connectivity index (χ3v) is 2.42. The number of hydrogen-bond donors (Lipinski definition) is 1. The molecule has 1 nitrogen and oxygen atoms in total. The summed E-state index contributed by atoms with van der Waals surface area (Å²) in [6, 6.07) is 0.758. The molecule has 0 aliphatic heterocycles. The van der Waals surface area contributed by atoms with Gasteiger partial charge in [-0.3, -0.25) is 0 Å². The standard InChI is InChI=1S/C11H21N/c1-10(2)8-9-12-11-6-4-3-5-7-11/h3-4,10-12H,5-9H2,1-2H3. The van der Waals surface area contributed by atoms with Crippen LogP contribution < -0.4 is 5.32 Å². The molecule has 0 amide bonds. The first-order chi connectivity index (χ1) is 5.79. The maximum atomic E-state index is 3.60. The molecule has 1 aliphatic carbocycles. The van der Waals surface area contributed by atoms with Gasteiger partial charge < -0.3 is 5.32 Å². The quantitative estimate of drug-likeness (QED) is 0.635. The minimum Gasteiger partial charge on any atom is -0.314 e. The highest BCUT2D eigenvalue weighted by Crippen LogP contribution is 2.10. The van der Waals surface area contributed by atoms with Crippen LogP contribution in [0.15, 0.2) is 12.2 Å². The molecule has 0 spiro atoms. The normalized spacial score (nSPS) is 23.4. The highest BCUT2D eigenvalue weighted by molar-refractivity contribution is 4.92. The average molecular weight is 167 g/mol. The molecule has 0 heterocycles. The van der Waals surface area contributed by atoms with Gasteiger partial charge in [0.1, 0.15) is 0 Å². The maximum absolute atomic E-state index is 3.60. The average Bonchev–Trinajstić information content (AvgIpc) is 2.05. The highest BCUT2D eigenvalue weighted by atomic mass is 14.9. The smallest absolute Gasteiger partial charge is 0.0104 e. The van der Waals surface area contributed by atoms with E-state index in [4.69, 9.17) is 0 Å². The third-order valence-electron chi connectivity index (χ3n) is 2.42. The fraction of sp³-hybridized carbons (Fsp3) is 0.818. The topological polar surface area (TPSA) is 12.0 Å². The molecular formula is C11H21N. The molecule has 0 saturated heterocycles. The van der Waals surface area contributed by atoms with E-state index in [0.29, 0.717) is 0 Å². The van der Waals surface area contributed by atoms with Crippen LogP contribution in [0.4, 0.5) is 0 Å². The number of rotatable bonds is 4. The molecule has 0 aromatic heterocycles. The van der Waals surface area contributed by atoms with E-state index in [1.807, 2.05) is 0 Å². The zero-order valence-electron chi connectivity index (χ0n) is 8.34. The van der Waals surface area contributed by atoms with Crippen LogP contribution in [0.2, 0.25) is 0 Å². The van der Waals surface area contributed by atoms with Crippen LogP contribution in [-0.2, 0) is 0 Å². The Labute approximate surface area is 76.2 Å². The van der Waals surface area contributed by atoms with Gasteiger partial charge in [0, 0.05) is 6.04 Å². The molecule has 1 rings (SSSR count). The molecule has 1 aliphatic rings. The van der Waals surface area contributed by atoms with Crippen LogP contribution in [0.3, 0.4) is 0 Å². The van der Waals surface area contributed by atoms with E-state index in [0.717, 1.165) is 12.0 Å². The summed E-state index contributed by atoms with van der Waals surface area (Å²) in [5.74, 6) is 0.830. The Kier molecular flexibility index (Phi) is 4.37. The Balaban J connectivity index is 2.03. The number of nitrogens with one attached hydrogen (secondary N) is 1. The van der Waals surface area contributed by atoms with E-state index in [1.54, 1.807) is 0 Å². The van der Waals surface area contributed by atoms with Gasteiger partial charge in [-0.1, -0.05) is 26.0 Å². The zero-order valence-corrected chi connectivity index (χ0v) is 8.34. The van der Waals surface area contributed by atoms with Crippen molar-refractivity contribution in [1.82, 2.24) is 5.32 Å². The van der Waals surface area contributed by atoms with Crippen LogP contribution in [0.1, 0.15) is 39.5 Å². The summed E-state index contributed by atoms with van der Waals surface area (Å²) in [7, 11) is 0. The Morgan fingerprint density at radius 1 is 1.42 bits per heavy atom. The fourth-order valence-electron chi connectivity index (χ4n) is 1.56. The van der Waals surface area contributed by atoms with Gasteiger partial charge in [0.2, 0.25) is 0 Å². The minimum atomic E-state index is 0.758. The molecule has 1 atom stereocenters. The van der Waals surface area contributed by atoms with Crippen LogP contribution in [0.5, 0.6) is 0 Å². The van der Waals surface area contributed by atoms with Crippen LogP contribution >= 0.6 is 0 Å². The van der Waals surface area contributed by atoms with Gasteiger partial charge in [-0.05, 0) is 38.1 Å². The molecule has 0 aromatic carbocycles. The predicted octanol–water partition coefficient (Wildman–Crippen LogP) is 2.73. The van der Waals surface area contributed by atoms with E-state index in [9.17, 15) is 0 Å². The molecule has 0 radical (unpaired) electrons. The summed E-state index contributed by atoms with van der Waals surface area (Å²) in [6.07, 6.45) is 9.73. The van der Waals surface area contributed by atoms with E-state index >= 15 is 0 Å². The molecule has 70 valence electrons. The molecule has 1 unspecified atom stereocenters. The molecule has 0 aromatic rings. The first kappa shape index (κ1) is 9.79. The molecule has 0 saturated carbocycles. The Bertz CT molecular complexity index is 138. The van der Waals surface area contributed by atoms with Crippen molar-refractivity contribution in [2.75, 3.05) is 6.54 Å². The van der Waals surface area contributed by atoms with Crippen molar-refractivity contribution < 1.29 is 0 Å². The van der Waals surface area contributed by atoms with E-state index in [2.05, 4.69) is 31.3 Å². The van der Waals surface area contributed by atoms with Gasteiger partial charge >= 0.3 is 0 Å². The molecule has 1 N–H and O–H groups in total. The third kappa shape index (κ3) is 3.91. The van der Waals surface area contributed by atoms with Crippen molar-refractivity contribution in [1.29, 1.82) is 0 Å². The van der Waals surface area contributed by atoms with Crippen LogP contribution in [0, 0.1) is 5.92 Å². The Morgan fingerprint density at radius 3 is 2.83 bits per heavy atom. The lowest BCUT2D eigenvalue weighted by molar-refractivity contribution is 0.443. The summed E-state index contributed by atoms with van der Waals surface area (Å²) >= 11 is 0. The SMILES string of the molecule is CC(C)CCNC1CC=CCC1. The lowest BCUT2D eigenvalue weighted by Crippen LogP contribution is -2.31. The summed E-state index contributed by atoms with van der Waals surface area (Å²) in [5.41, 5.74) is 0. The van der Waals surface area contributed by atoms with Crippen molar-refractivity contribution in [3.05, 3.63) is 12.2 Å². The van der Waals surface area contributed by atoms with Crippen molar-refractivity contribution in [3.63, 3.8) is 0 Å². The van der Waals surface area contributed by atoms with Crippen molar-refractivity contribution in [2.24, 2.45) is 5.92 Å². The van der Waals surface area contributed by atoms with Gasteiger partial charge in [0.25, 0.3) is 0 Å². The van der Waals surface area contributed by atoms with Gasteiger partial charge in [0.15, 0.2) is 0 Å². The van der Waals surface area contributed by atoms with Gasteiger partial charge in [0.05, 0.1) is 0 Å². The van der Waals surface area contributed by atoms with Crippen LogP contribution in [0.25, 0.3) is 0 Å². The first-order valence-electron chi connectivity index (χ1n) is 5.17. The summed E-state index contributed by atoms with van der Waals surface area (Å²) < 4.78 is 0. The van der Waals surface area contributed by atoms with E-state index < -0.39 is 0 Å². The minimum absolute atomic E-state index is 0.758. The van der Waals surface area contributed by atoms with E-state index in [1.165, 1.54) is 32.2 Å². The predicted molar refractivity (Wildman–Crippen MR) is 54.2 cm³/mol. The summed E-state index contributed by atoms with van der Waals surface area (Å²) in [5, 5.41) is 3.60. The van der Waals surface area contributed by atoms with Gasteiger partial charge in [-0.15, -0.1) is 0 Å². The second-order valence-electron chi connectivity index (χ2n) is 4.12. The Hall–Kier alpha value is -0.300. The van der Waals surface area contributed by atoms with Crippen LogP contribution in [-0.4, -0.2) is 12.6 Å². The second-order valence-corrected chi connectivity index (χ2v) is 4.12. The molecule has 0 fully saturated rings. The maximum Gasteiger partial charge on any atom is 0.0104 e. The van der Waals surface area contributed by atoms with Gasteiger partial charge in [-0.2, -0.15) is 0 Å². The highest BCUT2D eigenvalue weighted by Gasteiger charge is 2.07. The Morgan fingerprint density at radius 2 is 2.25 bits per heavy atom. The van der Waals surface area contributed by atoms with Crippen molar-refractivity contribution in [2.45, 2.75) is 45.6 Å². The molecular weight excluding hydrogens is 146 g/mol. The summed E-state index contributed by atoms with van der Waals surface area (Å²) in [6.45, 7) is 5.75. The van der Waals surface area contributed by atoms with E-state index in [-0.39, 0.29) is 0 Å². The van der Waals surface area contributed by atoms with Crippen molar-refractivity contribution in [3.8, 4) is 0 Å². The number of allylic oxidation sites excluding steroid dienone is 1. The van der Waals surface area contributed by atoms with Crippen molar-refractivity contribution >= 4 is 0 Å². The number of hydrogen-bond acceptors (Lipinski definition) is 1. The lowest BCUT2D eigenvalue weighted by atomic mass is 10.0. The lowest BCUT2D eigenvalue weighted by Gasteiger charge is -2.19. The summed E-state index contributed by atoms with van der Waals surface area (Å²) in [4.78, 5) is 0. The zero-order chi connectivity index (χ0) is 8.81. The fourth-order valence-corrected chi connectivity index (χ4v) is 1.56. The molecule has 0 bridgehead atoms. The first-order valence-corrected chi connectivity index (χ1v) is 5.17.